The minimum atomic E-state index is -0.0635. The Hall–Kier alpha value is -0.680. The highest BCUT2D eigenvalue weighted by Crippen LogP contribution is 2.04. The van der Waals surface area contributed by atoms with Crippen LogP contribution in [0.5, 0.6) is 0 Å². The Morgan fingerprint density at radius 1 is 1.71 bits per heavy atom. The third-order valence-electron chi connectivity index (χ3n) is 1.81. The quantitative estimate of drug-likeness (QED) is 0.727. The van der Waals surface area contributed by atoms with Crippen LogP contribution in [0.4, 0.5) is 0 Å². The van der Waals surface area contributed by atoms with Crippen LogP contribution in [0.3, 0.4) is 0 Å². The second-order valence-corrected chi connectivity index (χ2v) is 3.71. The number of rotatable bonds is 5. The van der Waals surface area contributed by atoms with Crippen LogP contribution in [-0.4, -0.2) is 39.4 Å². The molecular formula is C8H12ClN3OS. The van der Waals surface area contributed by atoms with E-state index in [0.29, 0.717) is 24.7 Å². The lowest BCUT2D eigenvalue weighted by atomic mass is 10.3. The zero-order valence-corrected chi connectivity index (χ0v) is 9.51. The summed E-state index contributed by atoms with van der Waals surface area (Å²) in [4.78, 5) is 13.5. The van der Waals surface area contributed by atoms with Crippen molar-refractivity contribution in [3.63, 3.8) is 0 Å². The molecule has 0 saturated carbocycles. The highest BCUT2D eigenvalue weighted by molar-refractivity contribution is 7.03. The van der Waals surface area contributed by atoms with Gasteiger partial charge in [0.25, 0.3) is 5.91 Å². The van der Waals surface area contributed by atoms with Crippen molar-refractivity contribution in [1.29, 1.82) is 0 Å². The van der Waals surface area contributed by atoms with Crippen LogP contribution >= 0.6 is 23.1 Å². The van der Waals surface area contributed by atoms with E-state index < -0.39 is 0 Å². The number of aromatic nitrogens is 2. The number of nitrogens with zero attached hydrogens (tertiary/aromatic N) is 3. The second kappa shape index (κ2) is 5.93. The predicted octanol–water partition coefficient (Wildman–Crippen LogP) is 1.63. The van der Waals surface area contributed by atoms with Gasteiger partial charge in [-0.1, -0.05) is 4.49 Å². The van der Waals surface area contributed by atoms with E-state index in [0.717, 1.165) is 6.42 Å². The molecule has 6 heteroatoms. The minimum absolute atomic E-state index is 0.0635. The summed E-state index contributed by atoms with van der Waals surface area (Å²) in [6.45, 7) is 3.29. The van der Waals surface area contributed by atoms with Crippen LogP contribution in [0.2, 0.25) is 0 Å². The van der Waals surface area contributed by atoms with Gasteiger partial charge in [0.15, 0.2) is 5.69 Å². The summed E-state index contributed by atoms with van der Waals surface area (Å²) < 4.78 is 3.66. The highest BCUT2D eigenvalue weighted by atomic mass is 35.5. The van der Waals surface area contributed by atoms with E-state index in [1.165, 1.54) is 11.5 Å². The van der Waals surface area contributed by atoms with E-state index in [1.54, 1.807) is 10.3 Å². The average molecular weight is 234 g/mol. The fourth-order valence-electron chi connectivity index (χ4n) is 1.07. The summed E-state index contributed by atoms with van der Waals surface area (Å²) >= 11 is 6.75. The van der Waals surface area contributed by atoms with Gasteiger partial charge in [0.2, 0.25) is 0 Å². The van der Waals surface area contributed by atoms with Crippen molar-refractivity contribution < 1.29 is 4.79 Å². The summed E-state index contributed by atoms with van der Waals surface area (Å²) in [7, 11) is 0. The van der Waals surface area contributed by atoms with E-state index in [9.17, 15) is 4.79 Å². The molecule has 0 fully saturated rings. The summed E-state index contributed by atoms with van der Waals surface area (Å²) in [6, 6.07) is 0. The van der Waals surface area contributed by atoms with Gasteiger partial charge in [-0.2, -0.15) is 0 Å². The molecule has 78 valence electrons. The van der Waals surface area contributed by atoms with Crippen LogP contribution in [0.25, 0.3) is 0 Å². The lowest BCUT2D eigenvalue weighted by Crippen LogP contribution is -2.32. The molecule has 1 rings (SSSR count). The first-order valence-electron chi connectivity index (χ1n) is 4.42. The lowest BCUT2D eigenvalue weighted by molar-refractivity contribution is 0.0759. The summed E-state index contributed by atoms with van der Waals surface area (Å²) in [6.07, 6.45) is 0.804. The number of hydrogen-bond acceptors (Lipinski definition) is 4. The van der Waals surface area contributed by atoms with E-state index in [4.69, 9.17) is 11.6 Å². The third kappa shape index (κ3) is 2.92. The maximum Gasteiger partial charge on any atom is 0.275 e. The van der Waals surface area contributed by atoms with Gasteiger partial charge in [-0.3, -0.25) is 4.79 Å². The normalized spacial score (nSPS) is 10.1. The maximum atomic E-state index is 11.7. The van der Waals surface area contributed by atoms with Crippen LogP contribution in [0.1, 0.15) is 23.8 Å². The molecule has 0 bridgehead atoms. The Labute approximate surface area is 92.0 Å². The van der Waals surface area contributed by atoms with Gasteiger partial charge in [0.1, 0.15) is 0 Å². The minimum Gasteiger partial charge on any atom is -0.337 e. The van der Waals surface area contributed by atoms with Crippen molar-refractivity contribution in [3.8, 4) is 0 Å². The molecule has 0 radical (unpaired) electrons. The summed E-state index contributed by atoms with van der Waals surface area (Å²) in [5.41, 5.74) is 0.423. The number of hydrogen-bond donors (Lipinski definition) is 0. The fraction of sp³-hybridized carbons (Fsp3) is 0.625. The van der Waals surface area contributed by atoms with Crippen molar-refractivity contribution in [3.05, 3.63) is 11.1 Å². The van der Waals surface area contributed by atoms with Gasteiger partial charge in [-0.15, -0.1) is 16.7 Å². The molecule has 1 aromatic rings. The number of carbonyl (C=O) groups is 1. The van der Waals surface area contributed by atoms with E-state index >= 15 is 0 Å². The van der Waals surface area contributed by atoms with Crippen molar-refractivity contribution in [1.82, 2.24) is 14.5 Å². The monoisotopic (exact) mass is 233 g/mol. The van der Waals surface area contributed by atoms with Crippen LogP contribution in [-0.2, 0) is 0 Å². The Morgan fingerprint density at radius 3 is 3.00 bits per heavy atom. The molecule has 4 nitrogen and oxygen atoms in total. The molecule has 1 aromatic heterocycles. The Balaban J connectivity index is 2.56. The predicted molar refractivity (Wildman–Crippen MR) is 56.8 cm³/mol. The van der Waals surface area contributed by atoms with E-state index in [1.807, 2.05) is 6.92 Å². The SMILES string of the molecule is CCN(CCCCl)C(=O)c1csnn1. The third-order valence-corrected chi connectivity index (χ3v) is 2.58. The number of alkyl halides is 1. The zero-order valence-electron chi connectivity index (χ0n) is 7.94. The topological polar surface area (TPSA) is 46.1 Å². The summed E-state index contributed by atoms with van der Waals surface area (Å²) in [5.74, 6) is 0.505. The smallest absolute Gasteiger partial charge is 0.275 e. The van der Waals surface area contributed by atoms with Crippen molar-refractivity contribution in [2.45, 2.75) is 13.3 Å². The van der Waals surface area contributed by atoms with Gasteiger partial charge in [-0.05, 0) is 24.9 Å². The molecule has 0 spiro atoms. The number of amides is 1. The van der Waals surface area contributed by atoms with Crippen LogP contribution in [0, 0.1) is 0 Å². The Bertz CT molecular complexity index is 278. The molecule has 1 heterocycles. The molecular weight excluding hydrogens is 222 g/mol. The average Bonchev–Trinajstić information content (AvgIpc) is 2.71. The second-order valence-electron chi connectivity index (χ2n) is 2.72. The summed E-state index contributed by atoms with van der Waals surface area (Å²) in [5, 5.41) is 5.40. The molecule has 0 aliphatic carbocycles. The molecule has 0 N–H and O–H groups in total. The molecule has 0 aromatic carbocycles. The Morgan fingerprint density at radius 2 is 2.50 bits per heavy atom. The molecule has 0 atom stereocenters. The first kappa shape index (κ1) is 11.4. The van der Waals surface area contributed by atoms with E-state index in [-0.39, 0.29) is 5.91 Å². The molecule has 0 aliphatic rings. The highest BCUT2D eigenvalue weighted by Gasteiger charge is 2.15. The van der Waals surface area contributed by atoms with E-state index in [2.05, 4.69) is 9.59 Å². The van der Waals surface area contributed by atoms with Gasteiger partial charge in [-0.25, -0.2) is 0 Å². The van der Waals surface area contributed by atoms with Gasteiger partial charge >= 0.3 is 0 Å². The molecule has 14 heavy (non-hydrogen) atoms. The lowest BCUT2D eigenvalue weighted by Gasteiger charge is -2.18. The van der Waals surface area contributed by atoms with Crippen molar-refractivity contribution in [2.24, 2.45) is 0 Å². The Kier molecular flexibility index (Phi) is 4.82. The van der Waals surface area contributed by atoms with Crippen LogP contribution < -0.4 is 0 Å². The zero-order chi connectivity index (χ0) is 10.4. The number of carbonyl (C=O) groups excluding carboxylic acids is 1. The van der Waals surface area contributed by atoms with Gasteiger partial charge in [0, 0.05) is 24.3 Å². The van der Waals surface area contributed by atoms with Gasteiger partial charge in [0.05, 0.1) is 0 Å². The first-order valence-corrected chi connectivity index (χ1v) is 5.79. The van der Waals surface area contributed by atoms with Crippen LogP contribution in [0.15, 0.2) is 5.38 Å². The molecule has 0 saturated heterocycles. The van der Waals surface area contributed by atoms with Crippen molar-refractivity contribution >= 4 is 29.0 Å². The molecule has 1 amide bonds. The largest absolute Gasteiger partial charge is 0.337 e. The maximum absolute atomic E-state index is 11.7. The standard InChI is InChI=1S/C8H12ClN3OS/c1-2-12(5-3-4-9)8(13)7-6-14-11-10-7/h6H,2-5H2,1H3. The number of halogens is 1. The molecule has 0 unspecified atom stereocenters. The van der Waals surface area contributed by atoms with Crippen molar-refractivity contribution in [2.75, 3.05) is 19.0 Å². The first-order chi connectivity index (χ1) is 6.79. The van der Waals surface area contributed by atoms with Gasteiger partial charge < -0.3 is 4.90 Å². The molecule has 0 aliphatic heterocycles. The fourth-order valence-corrected chi connectivity index (χ4v) is 1.62.